The van der Waals surface area contributed by atoms with Gasteiger partial charge in [-0.3, -0.25) is 10.00 Å². The molecule has 0 aliphatic carbocycles. The van der Waals surface area contributed by atoms with Crippen LogP contribution in [0.5, 0.6) is 0 Å². The number of likely N-dealkylation sites (tertiary alicyclic amines) is 1. The summed E-state index contributed by atoms with van der Waals surface area (Å²) in [5.41, 5.74) is 2.50. The highest BCUT2D eigenvalue weighted by molar-refractivity contribution is 5.82. The van der Waals surface area contributed by atoms with Crippen LogP contribution in [0, 0.1) is 6.92 Å². The molecule has 2 atom stereocenters. The summed E-state index contributed by atoms with van der Waals surface area (Å²) in [6.45, 7) is 3.69. The van der Waals surface area contributed by atoms with E-state index in [2.05, 4.69) is 49.3 Å². The molecule has 1 aromatic carbocycles. The minimum atomic E-state index is 0.190. The van der Waals surface area contributed by atoms with Crippen LogP contribution in [0.1, 0.15) is 29.7 Å². The van der Waals surface area contributed by atoms with Crippen LogP contribution in [-0.4, -0.2) is 44.8 Å². The molecule has 1 aliphatic rings. The lowest BCUT2D eigenvalue weighted by atomic mass is 10.1. The normalized spacial score (nSPS) is 22.2. The molecule has 0 spiro atoms. The van der Waals surface area contributed by atoms with Crippen molar-refractivity contribution in [2.75, 3.05) is 13.7 Å². The molecule has 3 aromatic rings. The number of hydrogen-bond acceptors (Lipinski definition) is 4. The van der Waals surface area contributed by atoms with Gasteiger partial charge >= 0.3 is 0 Å². The van der Waals surface area contributed by atoms with Gasteiger partial charge in [0, 0.05) is 31.9 Å². The van der Waals surface area contributed by atoms with E-state index in [1.807, 2.05) is 13.1 Å². The maximum atomic E-state index is 5.59. The Morgan fingerprint density at radius 1 is 1.35 bits per heavy atom. The second kappa shape index (κ2) is 5.79. The molecule has 2 aromatic heterocycles. The largest absolute Gasteiger partial charge is 0.380 e. The van der Waals surface area contributed by atoms with Gasteiger partial charge in [0.05, 0.1) is 12.1 Å². The van der Waals surface area contributed by atoms with Crippen LogP contribution in [-0.2, 0) is 11.3 Å². The summed E-state index contributed by atoms with van der Waals surface area (Å²) in [7, 11) is 1.78. The van der Waals surface area contributed by atoms with Gasteiger partial charge in [0.15, 0.2) is 5.82 Å². The van der Waals surface area contributed by atoms with Crippen LogP contribution in [0.3, 0.4) is 0 Å². The fourth-order valence-corrected chi connectivity index (χ4v) is 3.48. The van der Waals surface area contributed by atoms with Crippen LogP contribution in [0.25, 0.3) is 10.9 Å². The Labute approximate surface area is 134 Å². The molecule has 1 saturated heterocycles. The lowest BCUT2D eigenvalue weighted by Crippen LogP contribution is -2.25. The second-order valence-electron chi connectivity index (χ2n) is 6.18. The zero-order chi connectivity index (χ0) is 15.8. The summed E-state index contributed by atoms with van der Waals surface area (Å²) >= 11 is 0. The fourth-order valence-electron chi connectivity index (χ4n) is 3.48. The average molecular weight is 311 g/mol. The van der Waals surface area contributed by atoms with Gasteiger partial charge < -0.3 is 9.72 Å². The minimum absolute atomic E-state index is 0.190. The first-order valence-electron chi connectivity index (χ1n) is 7.95. The van der Waals surface area contributed by atoms with Crippen molar-refractivity contribution in [2.24, 2.45) is 0 Å². The summed E-state index contributed by atoms with van der Waals surface area (Å²) in [5, 5.41) is 8.57. The second-order valence-corrected chi connectivity index (χ2v) is 6.18. The van der Waals surface area contributed by atoms with E-state index in [0.29, 0.717) is 0 Å². The summed E-state index contributed by atoms with van der Waals surface area (Å²) in [4.78, 5) is 10.3. The molecular formula is C17H21N5O. The van der Waals surface area contributed by atoms with E-state index in [9.17, 15) is 0 Å². The predicted molar refractivity (Wildman–Crippen MR) is 88.0 cm³/mol. The Morgan fingerprint density at radius 2 is 2.26 bits per heavy atom. The third-order valence-electron chi connectivity index (χ3n) is 4.66. The van der Waals surface area contributed by atoms with E-state index in [0.717, 1.165) is 31.2 Å². The van der Waals surface area contributed by atoms with E-state index in [-0.39, 0.29) is 12.1 Å². The maximum absolute atomic E-state index is 5.59. The topological polar surface area (TPSA) is 69.8 Å². The summed E-state index contributed by atoms with van der Waals surface area (Å²) in [5.74, 6) is 1.72. The van der Waals surface area contributed by atoms with Crippen molar-refractivity contribution in [1.29, 1.82) is 0 Å². The molecule has 1 aliphatic heterocycles. The van der Waals surface area contributed by atoms with Crippen LogP contribution in [0.4, 0.5) is 0 Å². The lowest BCUT2D eigenvalue weighted by Gasteiger charge is -2.22. The van der Waals surface area contributed by atoms with Gasteiger partial charge in [-0.2, -0.15) is 5.10 Å². The highest BCUT2D eigenvalue weighted by Crippen LogP contribution is 2.33. The molecule has 6 heteroatoms. The molecule has 1 fully saturated rings. The molecular weight excluding hydrogens is 290 g/mol. The molecule has 2 N–H and O–H groups in total. The van der Waals surface area contributed by atoms with E-state index in [1.54, 1.807) is 7.11 Å². The first-order valence-corrected chi connectivity index (χ1v) is 7.95. The van der Waals surface area contributed by atoms with Gasteiger partial charge in [-0.1, -0.05) is 18.2 Å². The number of hydrogen-bond donors (Lipinski definition) is 2. The van der Waals surface area contributed by atoms with Gasteiger partial charge in [0.25, 0.3) is 0 Å². The highest BCUT2D eigenvalue weighted by atomic mass is 16.5. The van der Waals surface area contributed by atoms with Crippen LogP contribution in [0.15, 0.2) is 30.5 Å². The van der Waals surface area contributed by atoms with E-state index in [4.69, 9.17) is 4.74 Å². The standard InChI is InChI=1S/C17H21N5O/c1-11-19-17(21-20-11)15-8-14(23-2)10-22(15)9-13-5-3-4-12-6-7-18-16(12)13/h3-7,14-15,18H,8-10H2,1-2H3,(H,19,20,21)/t14-,15+/m1/s1. The quantitative estimate of drug-likeness (QED) is 0.777. The predicted octanol–water partition coefficient (Wildman–Crippen LogP) is 2.56. The monoisotopic (exact) mass is 311 g/mol. The van der Waals surface area contributed by atoms with Crippen molar-refractivity contribution >= 4 is 10.9 Å². The number of aromatic amines is 2. The first-order chi connectivity index (χ1) is 11.2. The molecule has 120 valence electrons. The highest BCUT2D eigenvalue weighted by Gasteiger charge is 2.35. The Balaban J connectivity index is 1.64. The molecule has 0 radical (unpaired) electrons. The summed E-state index contributed by atoms with van der Waals surface area (Å²) < 4.78 is 5.59. The zero-order valence-corrected chi connectivity index (χ0v) is 13.4. The summed E-state index contributed by atoms with van der Waals surface area (Å²) in [6, 6.07) is 8.72. The first kappa shape index (κ1) is 14.4. The van der Waals surface area contributed by atoms with Crippen molar-refractivity contribution in [1.82, 2.24) is 25.1 Å². The maximum Gasteiger partial charge on any atom is 0.167 e. The van der Waals surface area contributed by atoms with Gasteiger partial charge in [0.2, 0.25) is 0 Å². The van der Waals surface area contributed by atoms with Crippen molar-refractivity contribution in [3.05, 3.63) is 47.7 Å². The van der Waals surface area contributed by atoms with Gasteiger partial charge in [-0.15, -0.1) is 0 Å². The molecule has 0 saturated carbocycles. The number of H-pyrrole nitrogens is 2. The van der Waals surface area contributed by atoms with Gasteiger partial charge in [-0.25, -0.2) is 4.98 Å². The van der Waals surface area contributed by atoms with E-state index in [1.165, 1.54) is 16.5 Å². The van der Waals surface area contributed by atoms with Gasteiger partial charge in [-0.05, 0) is 30.4 Å². The number of aromatic nitrogens is 4. The summed E-state index contributed by atoms with van der Waals surface area (Å²) in [6.07, 6.45) is 3.14. The van der Waals surface area contributed by atoms with Crippen LogP contribution < -0.4 is 0 Å². The number of methoxy groups -OCH3 is 1. The molecule has 23 heavy (non-hydrogen) atoms. The third-order valence-corrected chi connectivity index (χ3v) is 4.66. The molecule has 0 bridgehead atoms. The SMILES string of the molecule is CO[C@@H]1C[C@@H](c2n[nH]c(C)n2)N(Cc2cccc3cc[nH]c23)C1. The van der Waals surface area contributed by atoms with Crippen LogP contribution in [0.2, 0.25) is 0 Å². The Hall–Kier alpha value is -2.18. The number of fused-ring (bicyclic) bond motifs is 1. The Bertz CT molecular complexity index is 808. The molecule has 4 rings (SSSR count). The van der Waals surface area contributed by atoms with E-state index >= 15 is 0 Å². The number of aryl methyl sites for hydroxylation is 1. The number of rotatable bonds is 4. The number of para-hydroxylation sites is 1. The Morgan fingerprint density at radius 3 is 3.04 bits per heavy atom. The fraction of sp³-hybridized carbons (Fsp3) is 0.412. The molecule has 0 unspecified atom stereocenters. The van der Waals surface area contributed by atoms with Gasteiger partial charge in [0.1, 0.15) is 5.82 Å². The Kier molecular flexibility index (Phi) is 3.63. The van der Waals surface area contributed by atoms with Crippen molar-refractivity contribution < 1.29 is 4.74 Å². The molecule has 0 amide bonds. The number of nitrogens with one attached hydrogen (secondary N) is 2. The third kappa shape index (κ3) is 2.64. The number of ether oxygens (including phenoxy) is 1. The van der Waals surface area contributed by atoms with Crippen LogP contribution >= 0.6 is 0 Å². The average Bonchev–Trinajstić information content (AvgIpc) is 3.26. The van der Waals surface area contributed by atoms with Crippen molar-refractivity contribution in [2.45, 2.75) is 32.0 Å². The van der Waals surface area contributed by atoms with Crippen molar-refractivity contribution in [3.8, 4) is 0 Å². The lowest BCUT2D eigenvalue weighted by molar-refractivity contribution is 0.107. The molecule has 6 nitrogen and oxygen atoms in total. The number of nitrogens with zero attached hydrogens (tertiary/aromatic N) is 3. The zero-order valence-electron chi connectivity index (χ0n) is 13.4. The smallest absolute Gasteiger partial charge is 0.167 e. The van der Waals surface area contributed by atoms with Crippen molar-refractivity contribution in [3.63, 3.8) is 0 Å². The van der Waals surface area contributed by atoms with E-state index < -0.39 is 0 Å². The minimum Gasteiger partial charge on any atom is -0.380 e. The number of benzene rings is 1. The molecule has 3 heterocycles.